The maximum absolute atomic E-state index is 11.8. The Balaban J connectivity index is 2.07. The van der Waals surface area contributed by atoms with Crippen molar-refractivity contribution >= 4 is 5.91 Å². The van der Waals surface area contributed by atoms with Gasteiger partial charge in [-0.15, -0.1) is 0 Å². The van der Waals surface area contributed by atoms with Crippen molar-refractivity contribution in [3.63, 3.8) is 0 Å². The van der Waals surface area contributed by atoms with Crippen LogP contribution in [0, 0.1) is 0 Å². The van der Waals surface area contributed by atoms with E-state index in [0.717, 1.165) is 25.2 Å². The molecule has 21 heavy (non-hydrogen) atoms. The highest BCUT2D eigenvalue weighted by Gasteiger charge is 2.11. The molecule has 0 fully saturated rings. The number of aromatic nitrogens is 2. The molecule has 0 saturated heterocycles. The third kappa shape index (κ3) is 3.92. The molecular weight excluding hydrogens is 264 g/mol. The molecule has 0 unspecified atom stereocenters. The highest BCUT2D eigenvalue weighted by Crippen LogP contribution is 2.10. The van der Waals surface area contributed by atoms with Gasteiger partial charge in [0.15, 0.2) is 5.69 Å². The fourth-order valence-electron chi connectivity index (χ4n) is 1.99. The maximum atomic E-state index is 11.8. The van der Waals surface area contributed by atoms with E-state index < -0.39 is 0 Å². The summed E-state index contributed by atoms with van der Waals surface area (Å²) in [6.07, 6.45) is 2.94. The number of hydrogen-bond acceptors (Lipinski definition) is 3. The van der Waals surface area contributed by atoms with Gasteiger partial charge in [-0.3, -0.25) is 4.79 Å². The van der Waals surface area contributed by atoms with Gasteiger partial charge in [0.1, 0.15) is 0 Å². The first kappa shape index (κ1) is 15.3. The first-order chi connectivity index (χ1) is 10.1. The molecule has 0 spiro atoms. The molecule has 1 heterocycles. The van der Waals surface area contributed by atoms with Gasteiger partial charge in [-0.2, -0.15) is 5.10 Å². The third-order valence-electron chi connectivity index (χ3n) is 3.17. The zero-order chi connectivity index (χ0) is 15.2. The quantitative estimate of drug-likeness (QED) is 0.827. The predicted molar refractivity (Wildman–Crippen MR) is 83.6 cm³/mol. The minimum atomic E-state index is -0.0888. The van der Waals surface area contributed by atoms with E-state index in [1.165, 1.54) is 10.5 Å². The van der Waals surface area contributed by atoms with Gasteiger partial charge in [0.2, 0.25) is 0 Å². The van der Waals surface area contributed by atoms with Crippen LogP contribution in [-0.4, -0.2) is 41.2 Å². The molecule has 0 bridgehead atoms. The Hall–Kier alpha value is -2.14. The Morgan fingerprint density at radius 1 is 1.24 bits per heavy atom. The zero-order valence-corrected chi connectivity index (χ0v) is 12.8. The molecule has 1 amide bonds. The summed E-state index contributed by atoms with van der Waals surface area (Å²) in [5.41, 5.74) is 2.64. The topological polar surface area (TPSA) is 50.2 Å². The van der Waals surface area contributed by atoms with Gasteiger partial charge in [-0.25, -0.2) is 4.68 Å². The molecule has 1 aromatic heterocycles. The smallest absolute Gasteiger partial charge is 0.273 e. The molecule has 0 aliphatic heterocycles. The summed E-state index contributed by atoms with van der Waals surface area (Å²) in [5.74, 6) is -0.0888. The fraction of sp³-hybridized carbons (Fsp3) is 0.375. The lowest BCUT2D eigenvalue weighted by Crippen LogP contribution is -2.22. The van der Waals surface area contributed by atoms with Gasteiger partial charge in [0.25, 0.3) is 5.91 Å². The molecule has 0 saturated carbocycles. The molecule has 1 N–H and O–H groups in total. The Labute approximate surface area is 125 Å². The van der Waals surface area contributed by atoms with Gasteiger partial charge >= 0.3 is 0 Å². The van der Waals surface area contributed by atoms with Crippen molar-refractivity contribution in [1.29, 1.82) is 0 Å². The lowest BCUT2D eigenvalue weighted by Gasteiger charge is -2.07. The summed E-state index contributed by atoms with van der Waals surface area (Å²) in [5, 5.41) is 7.69. The summed E-state index contributed by atoms with van der Waals surface area (Å²) in [4.78, 5) is 13.4. The van der Waals surface area contributed by atoms with Crippen LogP contribution in [-0.2, 0) is 6.54 Å². The average Bonchev–Trinajstić information content (AvgIpc) is 2.97. The van der Waals surface area contributed by atoms with E-state index in [2.05, 4.69) is 29.5 Å². The van der Waals surface area contributed by atoms with Gasteiger partial charge in [0, 0.05) is 26.8 Å². The average molecular weight is 286 g/mol. The second kappa shape index (κ2) is 7.04. The van der Waals surface area contributed by atoms with Crippen molar-refractivity contribution in [3.05, 3.63) is 47.8 Å². The van der Waals surface area contributed by atoms with Crippen LogP contribution in [0.15, 0.2) is 36.5 Å². The molecule has 2 aromatic rings. The van der Waals surface area contributed by atoms with Crippen molar-refractivity contribution in [3.8, 4) is 5.69 Å². The standard InChI is InChI=1S/C16H22N4O/c1-4-10-17-12-13-5-7-14(8-6-13)20-11-9-15(18-20)16(21)19(2)3/h5-9,11,17H,4,10,12H2,1-3H3. The normalized spacial score (nSPS) is 10.6. The molecule has 112 valence electrons. The first-order valence-corrected chi connectivity index (χ1v) is 7.19. The van der Waals surface area contributed by atoms with Crippen LogP contribution < -0.4 is 5.32 Å². The van der Waals surface area contributed by atoms with Crippen molar-refractivity contribution < 1.29 is 4.79 Å². The summed E-state index contributed by atoms with van der Waals surface area (Å²) in [6.45, 7) is 4.05. The SMILES string of the molecule is CCCNCc1ccc(-n2ccc(C(=O)N(C)C)n2)cc1. The first-order valence-electron chi connectivity index (χ1n) is 7.19. The lowest BCUT2D eigenvalue weighted by atomic mass is 10.2. The highest BCUT2D eigenvalue weighted by molar-refractivity contribution is 5.91. The molecule has 2 rings (SSSR count). The minimum absolute atomic E-state index is 0.0888. The third-order valence-corrected chi connectivity index (χ3v) is 3.17. The Morgan fingerprint density at radius 2 is 1.95 bits per heavy atom. The van der Waals surface area contributed by atoms with Crippen LogP contribution in [0.2, 0.25) is 0 Å². The van der Waals surface area contributed by atoms with E-state index in [0.29, 0.717) is 5.69 Å². The molecular formula is C16H22N4O. The van der Waals surface area contributed by atoms with E-state index >= 15 is 0 Å². The number of carbonyl (C=O) groups excluding carboxylic acids is 1. The molecule has 0 aliphatic rings. The monoisotopic (exact) mass is 286 g/mol. The number of carbonyl (C=O) groups is 1. The highest BCUT2D eigenvalue weighted by atomic mass is 16.2. The summed E-state index contributed by atoms with van der Waals surface area (Å²) in [7, 11) is 3.44. The van der Waals surface area contributed by atoms with E-state index in [1.807, 2.05) is 12.1 Å². The van der Waals surface area contributed by atoms with Crippen LogP contribution in [0.4, 0.5) is 0 Å². The number of amides is 1. The van der Waals surface area contributed by atoms with Gasteiger partial charge in [-0.05, 0) is 36.7 Å². The molecule has 0 radical (unpaired) electrons. The second-order valence-electron chi connectivity index (χ2n) is 5.19. The summed E-state index contributed by atoms with van der Waals surface area (Å²) < 4.78 is 1.72. The minimum Gasteiger partial charge on any atom is -0.343 e. The van der Waals surface area contributed by atoms with Crippen LogP contribution in [0.25, 0.3) is 5.69 Å². The van der Waals surface area contributed by atoms with Crippen LogP contribution in [0.3, 0.4) is 0 Å². The summed E-state index contributed by atoms with van der Waals surface area (Å²) >= 11 is 0. The number of rotatable bonds is 6. The fourth-order valence-corrected chi connectivity index (χ4v) is 1.99. The molecule has 0 aliphatic carbocycles. The molecule has 0 atom stereocenters. The number of benzene rings is 1. The molecule has 5 nitrogen and oxygen atoms in total. The van der Waals surface area contributed by atoms with Crippen LogP contribution in [0.5, 0.6) is 0 Å². The molecule has 1 aromatic carbocycles. The second-order valence-corrected chi connectivity index (χ2v) is 5.19. The predicted octanol–water partition coefficient (Wildman–Crippen LogP) is 2.07. The Morgan fingerprint density at radius 3 is 2.57 bits per heavy atom. The van der Waals surface area contributed by atoms with E-state index in [9.17, 15) is 4.79 Å². The van der Waals surface area contributed by atoms with Crippen molar-refractivity contribution in [2.24, 2.45) is 0 Å². The number of nitrogens with one attached hydrogen (secondary N) is 1. The number of hydrogen-bond donors (Lipinski definition) is 1. The van der Waals surface area contributed by atoms with E-state index in [-0.39, 0.29) is 5.91 Å². The Bertz CT molecular complexity index is 587. The number of nitrogens with zero attached hydrogens (tertiary/aromatic N) is 3. The van der Waals surface area contributed by atoms with Crippen LogP contribution in [0.1, 0.15) is 29.4 Å². The van der Waals surface area contributed by atoms with Gasteiger partial charge in [0.05, 0.1) is 5.69 Å². The van der Waals surface area contributed by atoms with Gasteiger partial charge in [-0.1, -0.05) is 19.1 Å². The van der Waals surface area contributed by atoms with Crippen molar-refractivity contribution in [2.75, 3.05) is 20.6 Å². The Kier molecular flexibility index (Phi) is 5.11. The van der Waals surface area contributed by atoms with Crippen LogP contribution >= 0.6 is 0 Å². The maximum Gasteiger partial charge on any atom is 0.273 e. The van der Waals surface area contributed by atoms with Crippen molar-refractivity contribution in [2.45, 2.75) is 19.9 Å². The van der Waals surface area contributed by atoms with Gasteiger partial charge < -0.3 is 10.2 Å². The van der Waals surface area contributed by atoms with E-state index in [4.69, 9.17) is 0 Å². The zero-order valence-electron chi connectivity index (χ0n) is 12.8. The largest absolute Gasteiger partial charge is 0.343 e. The summed E-state index contributed by atoms with van der Waals surface area (Å²) in [6, 6.07) is 9.92. The molecule has 5 heteroatoms. The van der Waals surface area contributed by atoms with Crippen molar-refractivity contribution in [1.82, 2.24) is 20.0 Å². The lowest BCUT2D eigenvalue weighted by molar-refractivity contribution is 0.0821. The van der Waals surface area contributed by atoms with E-state index in [1.54, 1.807) is 31.0 Å².